The fourth-order valence-corrected chi connectivity index (χ4v) is 14.6. The van der Waals surface area contributed by atoms with Gasteiger partial charge in [-0.2, -0.15) is 0 Å². The third kappa shape index (κ3) is 18.9. The molecule has 4 rings (SSSR count). The Morgan fingerprint density at radius 1 is 0.805 bits per heavy atom. The standard InChI is InChI=1S/C62H110O13Si2/c1-19-20-21-22-23-28-54(64)72-57-48(39-55(65)67-13)38-50(74-62(57,68-14)60(11,12)32-25-33-63)40-52(43-70-76(15,16)58(5,6)7)71-56(66)41-51(75-77(17,18)59(8,9)10)37-47-27-24-26-46(35-47)36-49-31-34-69-61(73-49)42-45(4)29-30-53(61)44(2)3/h25,32-33,39,44-47,49-53,57H,19-24,26-31,34-38,40-43H2,1-18H3/t45-,46+,47-,49+,50+,51-,52-,53+,57+,61?,62-/m1/s1. The van der Waals surface area contributed by atoms with Crippen LogP contribution in [0.1, 0.15) is 205 Å². The first-order valence-corrected chi connectivity index (χ1v) is 35.8. The number of carbonyl (C=O) groups is 4. The first-order chi connectivity index (χ1) is 35.9. The van der Waals surface area contributed by atoms with Crippen LogP contribution in [0.4, 0.5) is 0 Å². The predicted octanol–water partition coefficient (Wildman–Crippen LogP) is 14.6. The molecule has 1 unspecified atom stereocenters. The summed E-state index contributed by atoms with van der Waals surface area (Å²) in [4.78, 5) is 53.6. The van der Waals surface area contributed by atoms with Gasteiger partial charge in [-0.05, 0) is 117 Å². The van der Waals surface area contributed by atoms with Gasteiger partial charge in [-0.25, -0.2) is 4.79 Å². The average molecular weight is 1120 g/mol. The van der Waals surface area contributed by atoms with E-state index in [4.69, 9.17) is 42.0 Å². The van der Waals surface area contributed by atoms with Crippen molar-refractivity contribution in [1.29, 1.82) is 0 Å². The largest absolute Gasteiger partial charge is 0.466 e. The maximum Gasteiger partial charge on any atom is 0.330 e. The molecule has 0 amide bonds. The van der Waals surface area contributed by atoms with Crippen molar-refractivity contribution < 1.29 is 61.2 Å². The molecule has 0 radical (unpaired) electrons. The molecule has 2 aliphatic heterocycles. The van der Waals surface area contributed by atoms with Crippen LogP contribution in [0.3, 0.4) is 0 Å². The van der Waals surface area contributed by atoms with E-state index in [2.05, 4.69) is 95.4 Å². The third-order valence-electron chi connectivity index (χ3n) is 18.6. The molecule has 444 valence electrons. The zero-order valence-corrected chi connectivity index (χ0v) is 53.7. The van der Waals surface area contributed by atoms with E-state index in [0.29, 0.717) is 47.9 Å². The quantitative estimate of drug-likeness (QED) is 0.0192. The minimum absolute atomic E-state index is 0.0816. The van der Waals surface area contributed by atoms with Crippen molar-refractivity contribution in [2.75, 3.05) is 27.4 Å². The lowest BCUT2D eigenvalue weighted by Crippen LogP contribution is -2.63. The molecular weight excluding hydrogens is 1010 g/mol. The van der Waals surface area contributed by atoms with Gasteiger partial charge in [0.25, 0.3) is 0 Å². The monoisotopic (exact) mass is 1120 g/mol. The summed E-state index contributed by atoms with van der Waals surface area (Å²) >= 11 is 0. The van der Waals surface area contributed by atoms with Crippen LogP contribution in [-0.4, -0.2) is 110 Å². The topological polar surface area (TPSA) is 151 Å². The van der Waals surface area contributed by atoms with E-state index >= 15 is 0 Å². The molecule has 77 heavy (non-hydrogen) atoms. The lowest BCUT2D eigenvalue weighted by molar-refractivity contribution is -0.340. The number of esters is 3. The fourth-order valence-electron chi connectivity index (χ4n) is 12.2. The van der Waals surface area contributed by atoms with Crippen molar-refractivity contribution in [3.8, 4) is 0 Å². The number of methoxy groups -OCH3 is 2. The van der Waals surface area contributed by atoms with Gasteiger partial charge in [-0.1, -0.05) is 141 Å². The maximum absolute atomic E-state index is 14.8. The summed E-state index contributed by atoms with van der Waals surface area (Å²) in [5, 5.41) is -0.211. The van der Waals surface area contributed by atoms with Crippen LogP contribution in [0, 0.1) is 35.0 Å². The Hall–Kier alpha value is -2.25. The second-order valence-corrected chi connectivity index (χ2v) is 37.3. The lowest BCUT2D eigenvalue weighted by Gasteiger charge is -2.53. The minimum Gasteiger partial charge on any atom is -0.466 e. The zero-order chi connectivity index (χ0) is 57.6. The Kier molecular flexibility index (Phi) is 25.5. The third-order valence-corrected chi connectivity index (χ3v) is 27.7. The van der Waals surface area contributed by atoms with E-state index in [0.717, 1.165) is 83.7 Å². The van der Waals surface area contributed by atoms with Crippen LogP contribution in [0.25, 0.3) is 0 Å². The van der Waals surface area contributed by atoms with Crippen molar-refractivity contribution in [2.24, 2.45) is 35.0 Å². The highest BCUT2D eigenvalue weighted by atomic mass is 28.4. The van der Waals surface area contributed by atoms with Crippen molar-refractivity contribution in [2.45, 2.75) is 283 Å². The van der Waals surface area contributed by atoms with Crippen LogP contribution >= 0.6 is 0 Å². The molecule has 0 aromatic rings. The molecule has 2 saturated carbocycles. The molecule has 0 N–H and O–H groups in total. The molecule has 0 bridgehead atoms. The van der Waals surface area contributed by atoms with Gasteiger partial charge < -0.3 is 42.0 Å². The molecule has 2 aliphatic carbocycles. The molecule has 1 spiro atoms. The summed E-state index contributed by atoms with van der Waals surface area (Å²) in [5.74, 6) is -1.27. The predicted molar refractivity (Wildman–Crippen MR) is 310 cm³/mol. The van der Waals surface area contributed by atoms with E-state index in [1.54, 1.807) is 6.08 Å². The van der Waals surface area contributed by atoms with Crippen molar-refractivity contribution in [3.63, 3.8) is 0 Å². The minimum atomic E-state index is -2.38. The van der Waals surface area contributed by atoms with E-state index in [1.807, 2.05) is 13.8 Å². The van der Waals surface area contributed by atoms with Crippen LogP contribution in [0.15, 0.2) is 23.8 Å². The number of unbranched alkanes of at least 4 members (excludes halogenated alkanes) is 4. The maximum atomic E-state index is 14.8. The summed E-state index contributed by atoms with van der Waals surface area (Å²) < 4.78 is 59.4. The molecule has 2 saturated heterocycles. The average Bonchev–Trinajstić information content (AvgIpc) is 3.32. The molecule has 0 aromatic carbocycles. The summed E-state index contributed by atoms with van der Waals surface area (Å²) in [6.45, 7) is 35.7. The SMILES string of the molecule is CCCCCCCC(=O)O[C@H]1C(=CC(=O)OC)C[C@@H](C[C@H](CO[Si](C)(C)C(C)(C)C)OC(=O)C[C@@H](C[C@@H]2CCC[C@H](C[C@@H]3CCOC4(C[C@H](C)CC[C@H]4C(C)C)O3)C2)O[Si](C)(C)C(C)(C)C)O[C@@]1(OC)C(C)(C)C=CC=O. The highest BCUT2D eigenvalue weighted by Crippen LogP contribution is 2.51. The van der Waals surface area contributed by atoms with Crippen LogP contribution < -0.4 is 0 Å². The summed E-state index contributed by atoms with van der Waals surface area (Å²) in [5.41, 5.74) is -0.679. The lowest BCUT2D eigenvalue weighted by atomic mass is 9.72. The molecule has 4 fully saturated rings. The Labute approximate surface area is 469 Å². The summed E-state index contributed by atoms with van der Waals surface area (Å²) in [7, 11) is -1.96. The number of aldehydes is 1. The van der Waals surface area contributed by atoms with Crippen LogP contribution in [0.2, 0.25) is 36.3 Å². The van der Waals surface area contributed by atoms with Crippen LogP contribution in [0.5, 0.6) is 0 Å². The van der Waals surface area contributed by atoms with Gasteiger partial charge >= 0.3 is 17.9 Å². The van der Waals surface area contributed by atoms with Gasteiger partial charge in [-0.3, -0.25) is 14.4 Å². The fraction of sp³-hybridized carbons (Fsp3) is 0.871. The number of carbonyl (C=O) groups excluding carboxylic acids is 4. The Morgan fingerprint density at radius 3 is 2.10 bits per heavy atom. The van der Waals surface area contributed by atoms with E-state index < -0.39 is 63.9 Å². The van der Waals surface area contributed by atoms with Crippen molar-refractivity contribution in [3.05, 3.63) is 23.8 Å². The van der Waals surface area contributed by atoms with Crippen molar-refractivity contribution in [1.82, 2.24) is 0 Å². The number of allylic oxidation sites excluding steroid dienone is 1. The molecule has 2 heterocycles. The highest BCUT2D eigenvalue weighted by molar-refractivity contribution is 6.74. The number of rotatable bonds is 27. The van der Waals surface area contributed by atoms with Gasteiger partial charge in [0.15, 0.2) is 28.5 Å². The molecule has 15 heteroatoms. The number of hydrogen-bond donors (Lipinski definition) is 0. The first kappa shape index (κ1) is 67.3. The van der Waals surface area contributed by atoms with Gasteiger partial charge in [0.1, 0.15) is 12.4 Å². The normalized spacial score (nSPS) is 29.4. The van der Waals surface area contributed by atoms with Crippen molar-refractivity contribution >= 4 is 40.8 Å². The molecule has 11 atom stereocenters. The number of hydrogen-bond acceptors (Lipinski definition) is 13. The van der Waals surface area contributed by atoms with Gasteiger partial charge in [0.05, 0.1) is 45.1 Å². The Morgan fingerprint density at radius 2 is 1.48 bits per heavy atom. The smallest absolute Gasteiger partial charge is 0.330 e. The molecule has 0 aromatic heterocycles. The summed E-state index contributed by atoms with van der Waals surface area (Å²) in [6, 6.07) is 0. The second-order valence-electron chi connectivity index (χ2n) is 27.7. The molecule has 4 aliphatic rings. The van der Waals surface area contributed by atoms with Gasteiger partial charge in [0, 0.05) is 43.8 Å². The molecular formula is C62H110O13Si2. The highest BCUT2D eigenvalue weighted by Gasteiger charge is 2.59. The van der Waals surface area contributed by atoms with E-state index in [1.165, 1.54) is 39.2 Å². The Bertz CT molecular complexity index is 1930. The van der Waals surface area contributed by atoms with Gasteiger partial charge in [0.2, 0.25) is 5.79 Å². The Balaban J connectivity index is 1.65. The van der Waals surface area contributed by atoms with Crippen LogP contribution in [-0.2, 0) is 61.2 Å². The number of ether oxygens (including phenoxy) is 7. The van der Waals surface area contributed by atoms with E-state index in [9.17, 15) is 19.2 Å². The first-order valence-electron chi connectivity index (χ1n) is 30.0. The molecule has 13 nitrogen and oxygen atoms in total. The van der Waals surface area contributed by atoms with Gasteiger partial charge in [-0.15, -0.1) is 0 Å². The zero-order valence-electron chi connectivity index (χ0n) is 51.7. The second kappa shape index (κ2) is 29.1. The summed E-state index contributed by atoms with van der Waals surface area (Å²) in [6.07, 6.45) is 18.0. The van der Waals surface area contributed by atoms with E-state index in [-0.39, 0.29) is 60.5 Å².